The number of ether oxygens (including phenoxy) is 1. The number of hydrogen-bond acceptors (Lipinski definition) is 2. The number of fused-ring (bicyclic) bond motifs is 1. The zero-order chi connectivity index (χ0) is 11.2. The molecule has 0 radical (unpaired) electrons. The third-order valence-corrected chi connectivity index (χ3v) is 2.40. The summed E-state index contributed by atoms with van der Waals surface area (Å²) in [6.45, 7) is 3.69. The van der Waals surface area contributed by atoms with Gasteiger partial charge in [0.25, 0.3) is 0 Å². The molecule has 80 valence electrons. The van der Waals surface area contributed by atoms with Gasteiger partial charge in [-0.2, -0.15) is 0 Å². The number of halogens is 1. The molecule has 0 unspecified atom stereocenters. The molecule has 1 aliphatic heterocycles. The first-order chi connectivity index (χ1) is 6.91. The lowest BCUT2D eigenvalue weighted by Crippen LogP contribution is -2.25. The van der Waals surface area contributed by atoms with E-state index in [4.69, 9.17) is 9.84 Å². The summed E-state index contributed by atoms with van der Waals surface area (Å²) in [5, 5.41) is 8.88. The third kappa shape index (κ3) is 1.56. The van der Waals surface area contributed by atoms with E-state index >= 15 is 0 Å². The van der Waals surface area contributed by atoms with Crippen LogP contribution in [0.2, 0.25) is 0 Å². The molecule has 0 aromatic heterocycles. The zero-order valence-electron chi connectivity index (χ0n) is 8.50. The molecular formula is C11H11FO3. The number of carboxylic acid groups (broad SMARTS) is 1. The molecule has 0 saturated heterocycles. The molecule has 2 rings (SSSR count). The Morgan fingerprint density at radius 1 is 1.53 bits per heavy atom. The van der Waals surface area contributed by atoms with Gasteiger partial charge in [0.15, 0.2) is 0 Å². The minimum atomic E-state index is -1.29. The van der Waals surface area contributed by atoms with Gasteiger partial charge >= 0.3 is 5.97 Å². The van der Waals surface area contributed by atoms with Crippen molar-refractivity contribution >= 4 is 5.97 Å². The second-order valence-corrected chi connectivity index (χ2v) is 4.25. The van der Waals surface area contributed by atoms with Crippen molar-refractivity contribution in [1.82, 2.24) is 0 Å². The van der Waals surface area contributed by atoms with Crippen molar-refractivity contribution in [3.05, 3.63) is 29.1 Å². The highest BCUT2D eigenvalue weighted by molar-refractivity contribution is 5.92. The van der Waals surface area contributed by atoms with Crippen molar-refractivity contribution < 1.29 is 19.0 Å². The molecule has 0 atom stereocenters. The molecule has 0 aliphatic carbocycles. The summed E-state index contributed by atoms with van der Waals surface area (Å²) in [5.74, 6) is -1.87. The van der Waals surface area contributed by atoms with Crippen LogP contribution in [0.5, 0.6) is 5.75 Å². The molecular weight excluding hydrogens is 199 g/mol. The Morgan fingerprint density at radius 3 is 2.80 bits per heavy atom. The summed E-state index contributed by atoms with van der Waals surface area (Å²) < 4.78 is 18.7. The SMILES string of the molecule is CC1(C)Cc2ccc(F)c(C(=O)O)c2O1. The first kappa shape index (κ1) is 9.96. The van der Waals surface area contributed by atoms with Crippen LogP contribution in [-0.4, -0.2) is 16.7 Å². The largest absolute Gasteiger partial charge is 0.486 e. The number of rotatable bonds is 1. The van der Waals surface area contributed by atoms with Crippen LogP contribution in [0, 0.1) is 5.82 Å². The van der Waals surface area contributed by atoms with Crippen LogP contribution >= 0.6 is 0 Å². The normalized spacial score (nSPS) is 17.0. The molecule has 3 nitrogen and oxygen atoms in total. The maximum atomic E-state index is 13.3. The average Bonchev–Trinajstić information content (AvgIpc) is 2.37. The first-order valence-electron chi connectivity index (χ1n) is 4.64. The molecule has 0 amide bonds. The minimum absolute atomic E-state index is 0.174. The summed E-state index contributed by atoms with van der Waals surface area (Å²) in [6.07, 6.45) is 0.600. The standard InChI is InChI=1S/C11H11FO3/c1-11(2)5-6-3-4-7(12)8(10(13)14)9(6)15-11/h3-4H,5H2,1-2H3,(H,13,14). The number of carbonyl (C=O) groups is 1. The summed E-state index contributed by atoms with van der Waals surface area (Å²) in [6, 6.07) is 2.75. The Kier molecular flexibility index (Phi) is 1.96. The van der Waals surface area contributed by atoms with Crippen molar-refractivity contribution in [1.29, 1.82) is 0 Å². The van der Waals surface area contributed by atoms with Gasteiger partial charge in [0.1, 0.15) is 22.7 Å². The Morgan fingerprint density at radius 2 is 2.20 bits per heavy atom. The summed E-state index contributed by atoms with van der Waals surface area (Å²) >= 11 is 0. The zero-order valence-corrected chi connectivity index (χ0v) is 8.50. The maximum absolute atomic E-state index is 13.3. The fourth-order valence-corrected chi connectivity index (χ4v) is 1.83. The van der Waals surface area contributed by atoms with Crippen molar-refractivity contribution in [3.8, 4) is 5.75 Å². The highest BCUT2D eigenvalue weighted by Gasteiger charge is 2.34. The lowest BCUT2D eigenvalue weighted by Gasteiger charge is -2.17. The first-order valence-corrected chi connectivity index (χ1v) is 4.64. The number of benzene rings is 1. The van der Waals surface area contributed by atoms with Gasteiger partial charge < -0.3 is 9.84 Å². The van der Waals surface area contributed by atoms with Crippen LogP contribution in [0.4, 0.5) is 4.39 Å². The summed E-state index contributed by atoms with van der Waals surface area (Å²) in [7, 11) is 0. The van der Waals surface area contributed by atoms with Crippen LogP contribution in [0.3, 0.4) is 0 Å². The van der Waals surface area contributed by atoms with E-state index < -0.39 is 17.4 Å². The van der Waals surface area contributed by atoms with Gasteiger partial charge in [-0.1, -0.05) is 6.07 Å². The minimum Gasteiger partial charge on any atom is -0.486 e. The van der Waals surface area contributed by atoms with Gasteiger partial charge in [0.05, 0.1) is 0 Å². The predicted molar refractivity (Wildman–Crippen MR) is 51.8 cm³/mol. The molecule has 1 heterocycles. The van der Waals surface area contributed by atoms with Gasteiger partial charge in [-0.15, -0.1) is 0 Å². The van der Waals surface area contributed by atoms with E-state index in [1.807, 2.05) is 13.8 Å². The van der Waals surface area contributed by atoms with Crippen LogP contribution in [0.1, 0.15) is 29.8 Å². The van der Waals surface area contributed by atoms with Crippen molar-refractivity contribution in [3.63, 3.8) is 0 Å². The Labute approximate surface area is 86.5 Å². The molecule has 4 heteroatoms. The van der Waals surface area contributed by atoms with E-state index in [1.165, 1.54) is 6.07 Å². The molecule has 0 bridgehead atoms. The number of carboxylic acids is 1. The number of hydrogen-bond donors (Lipinski definition) is 1. The molecule has 0 fully saturated rings. The van der Waals surface area contributed by atoms with Crippen LogP contribution in [0.25, 0.3) is 0 Å². The predicted octanol–water partition coefficient (Wildman–Crippen LogP) is 2.24. The Bertz CT molecular complexity index is 438. The van der Waals surface area contributed by atoms with Crippen molar-refractivity contribution in [2.24, 2.45) is 0 Å². The molecule has 1 aromatic carbocycles. The van der Waals surface area contributed by atoms with Gasteiger partial charge in [0, 0.05) is 6.42 Å². The second-order valence-electron chi connectivity index (χ2n) is 4.25. The number of aromatic carboxylic acids is 1. The highest BCUT2D eigenvalue weighted by Crippen LogP contribution is 2.38. The monoisotopic (exact) mass is 210 g/mol. The second kappa shape index (κ2) is 2.95. The average molecular weight is 210 g/mol. The van der Waals surface area contributed by atoms with E-state index in [-0.39, 0.29) is 11.3 Å². The molecule has 1 aromatic rings. The topological polar surface area (TPSA) is 46.5 Å². The quantitative estimate of drug-likeness (QED) is 0.773. The van der Waals surface area contributed by atoms with Gasteiger partial charge in [0.2, 0.25) is 0 Å². The van der Waals surface area contributed by atoms with Gasteiger partial charge in [-0.25, -0.2) is 9.18 Å². The van der Waals surface area contributed by atoms with E-state index in [2.05, 4.69) is 0 Å². The smallest absolute Gasteiger partial charge is 0.342 e. The molecule has 15 heavy (non-hydrogen) atoms. The van der Waals surface area contributed by atoms with E-state index in [0.29, 0.717) is 6.42 Å². The Balaban J connectivity index is 2.60. The molecule has 1 N–H and O–H groups in total. The van der Waals surface area contributed by atoms with E-state index in [1.54, 1.807) is 6.07 Å². The van der Waals surface area contributed by atoms with E-state index in [9.17, 15) is 9.18 Å². The molecule has 0 saturated carbocycles. The summed E-state index contributed by atoms with van der Waals surface area (Å²) in [4.78, 5) is 10.9. The Hall–Kier alpha value is -1.58. The van der Waals surface area contributed by atoms with Gasteiger partial charge in [-0.3, -0.25) is 0 Å². The third-order valence-electron chi connectivity index (χ3n) is 2.40. The highest BCUT2D eigenvalue weighted by atomic mass is 19.1. The lowest BCUT2D eigenvalue weighted by atomic mass is 10.0. The van der Waals surface area contributed by atoms with Crippen molar-refractivity contribution in [2.45, 2.75) is 25.9 Å². The molecule has 0 spiro atoms. The fraction of sp³-hybridized carbons (Fsp3) is 0.364. The van der Waals surface area contributed by atoms with Crippen LogP contribution in [-0.2, 0) is 6.42 Å². The fourth-order valence-electron chi connectivity index (χ4n) is 1.83. The van der Waals surface area contributed by atoms with Crippen molar-refractivity contribution in [2.75, 3.05) is 0 Å². The summed E-state index contributed by atoms with van der Waals surface area (Å²) in [5.41, 5.74) is -0.0720. The van der Waals surface area contributed by atoms with Crippen LogP contribution in [0.15, 0.2) is 12.1 Å². The van der Waals surface area contributed by atoms with E-state index in [0.717, 1.165) is 5.56 Å². The van der Waals surface area contributed by atoms with Gasteiger partial charge in [-0.05, 0) is 25.5 Å². The molecule has 1 aliphatic rings. The maximum Gasteiger partial charge on any atom is 0.342 e. The lowest BCUT2D eigenvalue weighted by molar-refractivity contribution is 0.0679. The van der Waals surface area contributed by atoms with Crippen LogP contribution < -0.4 is 4.74 Å².